The molecule has 0 saturated carbocycles. The summed E-state index contributed by atoms with van der Waals surface area (Å²) in [6.45, 7) is 2.21. The van der Waals surface area contributed by atoms with E-state index in [1.165, 1.54) is 0 Å². The Kier molecular flexibility index (Phi) is 2.58. The quantitative estimate of drug-likeness (QED) is 0.713. The molecule has 2 aromatic heterocycles. The van der Waals surface area contributed by atoms with E-state index in [2.05, 4.69) is 9.97 Å². The second-order valence-corrected chi connectivity index (χ2v) is 3.15. The van der Waals surface area contributed by atoms with Crippen molar-refractivity contribution in [3.8, 4) is 0 Å². The third kappa shape index (κ3) is 1.93. The van der Waals surface area contributed by atoms with Gasteiger partial charge in [-0.15, -0.1) is 0 Å². The first-order chi connectivity index (χ1) is 7.31. The van der Waals surface area contributed by atoms with Crippen molar-refractivity contribution >= 4 is 17.5 Å². The van der Waals surface area contributed by atoms with Gasteiger partial charge in [-0.1, -0.05) is 0 Å². The van der Waals surface area contributed by atoms with Crippen LogP contribution in [-0.4, -0.2) is 16.4 Å². The van der Waals surface area contributed by atoms with Crippen LogP contribution < -0.4 is 0 Å². The van der Waals surface area contributed by atoms with Gasteiger partial charge < -0.3 is 4.74 Å². The van der Waals surface area contributed by atoms with Crippen molar-refractivity contribution in [1.29, 1.82) is 0 Å². The van der Waals surface area contributed by atoms with E-state index in [4.69, 9.17) is 4.74 Å². The molecule has 0 aliphatic rings. The van der Waals surface area contributed by atoms with Crippen molar-refractivity contribution in [2.24, 2.45) is 0 Å². The van der Waals surface area contributed by atoms with Gasteiger partial charge in [0.25, 0.3) is 6.47 Å². The molecule has 0 fully saturated rings. The molecule has 76 valence electrons. The van der Waals surface area contributed by atoms with Crippen LogP contribution >= 0.6 is 0 Å². The van der Waals surface area contributed by atoms with Crippen molar-refractivity contribution in [3.05, 3.63) is 36.2 Å². The number of hydrogen-bond acceptors (Lipinski definition) is 4. The van der Waals surface area contributed by atoms with Crippen molar-refractivity contribution in [1.82, 2.24) is 9.97 Å². The van der Waals surface area contributed by atoms with E-state index in [9.17, 15) is 4.79 Å². The van der Waals surface area contributed by atoms with Crippen LogP contribution in [-0.2, 0) is 9.53 Å². The smallest absolute Gasteiger partial charge is 0.293 e. The van der Waals surface area contributed by atoms with E-state index < -0.39 is 0 Å². The Hall–Kier alpha value is -1.97. The Morgan fingerprint density at radius 1 is 1.33 bits per heavy atom. The molecular formula is C11H10N2O2. The number of nitrogens with zero attached hydrogens (tertiary/aromatic N) is 2. The standard InChI is InChI=1S/C11H10N2O2/c1-8(15-7-14)9-4-5-10-11(13-9)3-2-6-12-10/h2-8H,1H3. The van der Waals surface area contributed by atoms with E-state index in [0.717, 1.165) is 16.7 Å². The lowest BCUT2D eigenvalue weighted by Gasteiger charge is -2.08. The molecule has 0 amide bonds. The molecule has 2 rings (SSSR count). The zero-order valence-corrected chi connectivity index (χ0v) is 8.25. The van der Waals surface area contributed by atoms with Gasteiger partial charge >= 0.3 is 0 Å². The molecule has 0 aromatic carbocycles. The van der Waals surface area contributed by atoms with E-state index in [-0.39, 0.29) is 6.10 Å². The predicted octanol–water partition coefficient (Wildman–Crippen LogP) is 1.86. The molecule has 0 aliphatic heterocycles. The Morgan fingerprint density at radius 2 is 2.20 bits per heavy atom. The maximum Gasteiger partial charge on any atom is 0.293 e. The van der Waals surface area contributed by atoms with Crippen LogP contribution in [0.2, 0.25) is 0 Å². The largest absolute Gasteiger partial charge is 0.458 e. The molecule has 1 unspecified atom stereocenters. The van der Waals surface area contributed by atoms with E-state index in [0.29, 0.717) is 6.47 Å². The molecule has 15 heavy (non-hydrogen) atoms. The van der Waals surface area contributed by atoms with Gasteiger partial charge in [-0.05, 0) is 31.2 Å². The monoisotopic (exact) mass is 202 g/mol. The van der Waals surface area contributed by atoms with Gasteiger partial charge in [0.1, 0.15) is 6.10 Å². The Bertz CT molecular complexity index is 485. The minimum atomic E-state index is -0.327. The normalized spacial score (nSPS) is 12.3. The number of pyridine rings is 2. The number of hydrogen-bond donors (Lipinski definition) is 0. The molecular weight excluding hydrogens is 192 g/mol. The topological polar surface area (TPSA) is 52.1 Å². The molecule has 4 heteroatoms. The highest BCUT2D eigenvalue weighted by Gasteiger charge is 2.07. The number of carbonyl (C=O) groups is 1. The van der Waals surface area contributed by atoms with Gasteiger partial charge in [0.15, 0.2) is 0 Å². The zero-order valence-electron chi connectivity index (χ0n) is 8.25. The van der Waals surface area contributed by atoms with Crippen molar-refractivity contribution in [3.63, 3.8) is 0 Å². The first kappa shape index (κ1) is 9.58. The molecule has 0 aliphatic carbocycles. The fourth-order valence-electron chi connectivity index (χ4n) is 1.35. The highest BCUT2D eigenvalue weighted by Crippen LogP contribution is 2.16. The van der Waals surface area contributed by atoms with Crippen LogP contribution in [0.5, 0.6) is 0 Å². The van der Waals surface area contributed by atoms with E-state index in [1.54, 1.807) is 13.1 Å². The summed E-state index contributed by atoms with van der Waals surface area (Å²) in [4.78, 5) is 18.7. The summed E-state index contributed by atoms with van der Waals surface area (Å²) < 4.78 is 4.81. The first-order valence-corrected chi connectivity index (χ1v) is 4.62. The van der Waals surface area contributed by atoms with Gasteiger partial charge in [0, 0.05) is 6.20 Å². The predicted molar refractivity (Wildman–Crippen MR) is 55.1 cm³/mol. The minimum absolute atomic E-state index is 0.327. The minimum Gasteiger partial charge on any atom is -0.458 e. The lowest BCUT2D eigenvalue weighted by molar-refractivity contribution is -0.133. The highest BCUT2D eigenvalue weighted by molar-refractivity contribution is 5.73. The SMILES string of the molecule is CC(OC=O)c1ccc2ncccc2n1. The average molecular weight is 202 g/mol. The van der Waals surface area contributed by atoms with Gasteiger partial charge in [-0.2, -0.15) is 0 Å². The Labute approximate surface area is 86.9 Å². The second-order valence-electron chi connectivity index (χ2n) is 3.15. The Morgan fingerprint density at radius 3 is 3.00 bits per heavy atom. The molecule has 0 N–H and O–H groups in total. The van der Waals surface area contributed by atoms with E-state index in [1.807, 2.05) is 24.3 Å². The van der Waals surface area contributed by atoms with Gasteiger partial charge in [-0.25, -0.2) is 4.98 Å². The summed E-state index contributed by atoms with van der Waals surface area (Å²) in [5, 5.41) is 0. The fraction of sp³-hybridized carbons (Fsp3) is 0.182. The average Bonchev–Trinajstić information content (AvgIpc) is 2.29. The molecule has 0 saturated heterocycles. The van der Waals surface area contributed by atoms with Crippen LogP contribution in [0.1, 0.15) is 18.7 Å². The van der Waals surface area contributed by atoms with E-state index >= 15 is 0 Å². The third-order valence-corrected chi connectivity index (χ3v) is 2.15. The summed E-state index contributed by atoms with van der Waals surface area (Å²) in [5.41, 5.74) is 2.36. The van der Waals surface area contributed by atoms with Crippen LogP contribution in [0.4, 0.5) is 0 Å². The zero-order chi connectivity index (χ0) is 10.7. The number of rotatable bonds is 3. The summed E-state index contributed by atoms with van der Waals surface area (Å²) in [5.74, 6) is 0. The molecule has 2 heterocycles. The van der Waals surface area contributed by atoms with Crippen LogP contribution in [0.25, 0.3) is 11.0 Å². The number of ether oxygens (including phenoxy) is 1. The number of fused-ring (bicyclic) bond motifs is 1. The molecule has 2 aromatic rings. The summed E-state index contributed by atoms with van der Waals surface area (Å²) in [6, 6.07) is 7.37. The molecule has 4 nitrogen and oxygen atoms in total. The molecule has 0 bridgehead atoms. The lowest BCUT2D eigenvalue weighted by Crippen LogP contribution is -2.01. The fourth-order valence-corrected chi connectivity index (χ4v) is 1.35. The van der Waals surface area contributed by atoms with Crippen molar-refractivity contribution in [2.45, 2.75) is 13.0 Å². The summed E-state index contributed by atoms with van der Waals surface area (Å²) >= 11 is 0. The van der Waals surface area contributed by atoms with Gasteiger partial charge in [0.2, 0.25) is 0 Å². The third-order valence-electron chi connectivity index (χ3n) is 2.15. The maximum atomic E-state index is 10.2. The molecule has 0 spiro atoms. The van der Waals surface area contributed by atoms with Gasteiger partial charge in [-0.3, -0.25) is 9.78 Å². The summed E-state index contributed by atoms with van der Waals surface area (Å²) in [6.07, 6.45) is 1.39. The first-order valence-electron chi connectivity index (χ1n) is 4.62. The second kappa shape index (κ2) is 4.04. The van der Waals surface area contributed by atoms with Crippen molar-refractivity contribution in [2.75, 3.05) is 0 Å². The van der Waals surface area contributed by atoms with Crippen molar-refractivity contribution < 1.29 is 9.53 Å². The Balaban J connectivity index is 2.42. The van der Waals surface area contributed by atoms with Crippen LogP contribution in [0.3, 0.4) is 0 Å². The number of carbonyl (C=O) groups excluding carboxylic acids is 1. The lowest BCUT2D eigenvalue weighted by atomic mass is 10.2. The van der Waals surface area contributed by atoms with Crippen LogP contribution in [0, 0.1) is 0 Å². The van der Waals surface area contributed by atoms with Crippen LogP contribution in [0.15, 0.2) is 30.5 Å². The number of aromatic nitrogens is 2. The molecule has 1 atom stereocenters. The highest BCUT2D eigenvalue weighted by atomic mass is 16.5. The maximum absolute atomic E-state index is 10.2. The van der Waals surface area contributed by atoms with Gasteiger partial charge in [0.05, 0.1) is 16.7 Å². The molecule has 0 radical (unpaired) electrons. The summed E-state index contributed by atoms with van der Waals surface area (Å²) in [7, 11) is 0.